The minimum absolute atomic E-state index is 0.0114. The molecule has 2 aromatic rings. The predicted molar refractivity (Wildman–Crippen MR) is 62.0 cm³/mol. The Bertz CT molecular complexity index is 635. The van der Waals surface area contributed by atoms with Crippen LogP contribution in [-0.4, -0.2) is 0 Å². The van der Waals surface area contributed by atoms with E-state index in [2.05, 4.69) is 0 Å². The number of ether oxygens (including phenoxy) is 1. The van der Waals surface area contributed by atoms with Crippen molar-refractivity contribution in [2.24, 2.45) is 0 Å². The maximum absolute atomic E-state index is 13.5. The second-order valence-corrected chi connectivity index (χ2v) is 3.54. The largest absolute Gasteiger partial charge is 0.454 e. The Morgan fingerprint density at radius 2 is 1.83 bits per heavy atom. The molecule has 0 saturated carbocycles. The number of rotatable bonds is 2. The van der Waals surface area contributed by atoms with Crippen molar-refractivity contribution in [1.29, 1.82) is 5.26 Å². The molecule has 0 spiro atoms. The number of nitrogen functional groups attached to an aromatic ring is 1. The Kier molecular flexibility index (Phi) is 3.11. The molecule has 2 aromatic carbocycles. The lowest BCUT2D eigenvalue weighted by Crippen LogP contribution is -1.93. The number of anilines is 1. The van der Waals surface area contributed by atoms with E-state index in [1.165, 1.54) is 24.3 Å². The van der Waals surface area contributed by atoms with Gasteiger partial charge in [-0.3, -0.25) is 0 Å². The number of nitrogens with two attached hydrogens (primary N) is 1. The van der Waals surface area contributed by atoms with Gasteiger partial charge in [-0.2, -0.15) is 5.26 Å². The molecule has 2 rings (SSSR count). The van der Waals surface area contributed by atoms with Crippen LogP contribution < -0.4 is 10.5 Å². The zero-order valence-electron chi connectivity index (χ0n) is 9.15. The zero-order valence-corrected chi connectivity index (χ0v) is 9.15. The Morgan fingerprint density at radius 3 is 2.44 bits per heavy atom. The van der Waals surface area contributed by atoms with Crippen molar-refractivity contribution >= 4 is 5.69 Å². The highest BCUT2D eigenvalue weighted by molar-refractivity contribution is 5.45. The summed E-state index contributed by atoms with van der Waals surface area (Å²) < 4.78 is 31.8. The van der Waals surface area contributed by atoms with Gasteiger partial charge in [-0.1, -0.05) is 0 Å². The molecule has 18 heavy (non-hydrogen) atoms. The summed E-state index contributed by atoms with van der Waals surface area (Å²) in [5, 5.41) is 8.59. The van der Waals surface area contributed by atoms with E-state index in [1.54, 1.807) is 6.07 Å². The maximum Gasteiger partial charge on any atom is 0.167 e. The fourth-order valence-electron chi connectivity index (χ4n) is 1.35. The number of nitriles is 1. The molecule has 0 aliphatic heterocycles. The molecule has 0 unspecified atom stereocenters. The van der Waals surface area contributed by atoms with Gasteiger partial charge < -0.3 is 10.5 Å². The topological polar surface area (TPSA) is 59.0 Å². The van der Waals surface area contributed by atoms with Crippen molar-refractivity contribution in [2.45, 2.75) is 0 Å². The number of hydrogen-bond donors (Lipinski definition) is 1. The minimum atomic E-state index is -0.689. The first-order valence-electron chi connectivity index (χ1n) is 5.02. The fourth-order valence-corrected chi connectivity index (χ4v) is 1.35. The lowest BCUT2D eigenvalue weighted by molar-refractivity contribution is 0.439. The van der Waals surface area contributed by atoms with E-state index in [1.807, 2.05) is 0 Å². The van der Waals surface area contributed by atoms with Gasteiger partial charge in [0.05, 0.1) is 17.3 Å². The SMILES string of the molecule is N#Cc1ccc(Oc2ccc(N)c(F)c2)c(F)c1. The molecule has 0 saturated heterocycles. The van der Waals surface area contributed by atoms with E-state index in [4.69, 9.17) is 15.7 Å². The molecule has 3 nitrogen and oxygen atoms in total. The number of benzene rings is 2. The highest BCUT2D eigenvalue weighted by atomic mass is 19.1. The second-order valence-electron chi connectivity index (χ2n) is 3.54. The normalized spacial score (nSPS) is 9.83. The maximum atomic E-state index is 13.5. The van der Waals surface area contributed by atoms with Crippen LogP contribution in [0.5, 0.6) is 11.5 Å². The molecule has 0 fully saturated rings. The molecule has 0 heterocycles. The van der Waals surface area contributed by atoms with Crippen LogP contribution in [0.3, 0.4) is 0 Å². The van der Waals surface area contributed by atoms with Crippen LogP contribution >= 0.6 is 0 Å². The van der Waals surface area contributed by atoms with Gasteiger partial charge in [0, 0.05) is 6.07 Å². The Hall–Kier alpha value is -2.61. The van der Waals surface area contributed by atoms with Crippen molar-refractivity contribution in [1.82, 2.24) is 0 Å². The lowest BCUT2D eigenvalue weighted by Gasteiger charge is -2.07. The van der Waals surface area contributed by atoms with Gasteiger partial charge >= 0.3 is 0 Å². The van der Waals surface area contributed by atoms with Crippen LogP contribution in [0, 0.1) is 23.0 Å². The van der Waals surface area contributed by atoms with Crippen LogP contribution in [0.1, 0.15) is 5.56 Å². The van der Waals surface area contributed by atoms with Crippen LogP contribution in [0.4, 0.5) is 14.5 Å². The second kappa shape index (κ2) is 4.72. The van der Waals surface area contributed by atoms with E-state index in [-0.39, 0.29) is 22.7 Å². The highest BCUT2D eigenvalue weighted by Crippen LogP contribution is 2.26. The fraction of sp³-hybridized carbons (Fsp3) is 0. The molecular weight excluding hydrogens is 238 g/mol. The molecule has 0 amide bonds. The van der Waals surface area contributed by atoms with Crippen molar-refractivity contribution < 1.29 is 13.5 Å². The third-order valence-corrected chi connectivity index (χ3v) is 2.26. The lowest BCUT2D eigenvalue weighted by atomic mass is 10.2. The van der Waals surface area contributed by atoms with Crippen molar-refractivity contribution in [3.8, 4) is 17.6 Å². The van der Waals surface area contributed by atoms with Gasteiger partial charge in [0.25, 0.3) is 0 Å². The van der Waals surface area contributed by atoms with Gasteiger partial charge in [-0.15, -0.1) is 0 Å². The smallest absolute Gasteiger partial charge is 0.167 e. The summed E-state index contributed by atoms with van der Waals surface area (Å²) >= 11 is 0. The summed E-state index contributed by atoms with van der Waals surface area (Å²) in [4.78, 5) is 0. The van der Waals surface area contributed by atoms with Gasteiger partial charge in [0.15, 0.2) is 11.6 Å². The zero-order chi connectivity index (χ0) is 13.1. The van der Waals surface area contributed by atoms with Crippen LogP contribution in [0.15, 0.2) is 36.4 Å². The third-order valence-electron chi connectivity index (χ3n) is 2.26. The average molecular weight is 246 g/mol. The number of hydrogen-bond acceptors (Lipinski definition) is 3. The van der Waals surface area contributed by atoms with E-state index < -0.39 is 11.6 Å². The van der Waals surface area contributed by atoms with E-state index in [0.29, 0.717) is 0 Å². The van der Waals surface area contributed by atoms with Crippen molar-refractivity contribution in [2.75, 3.05) is 5.73 Å². The first kappa shape index (κ1) is 11.9. The van der Waals surface area contributed by atoms with E-state index in [9.17, 15) is 8.78 Å². The van der Waals surface area contributed by atoms with Crippen molar-refractivity contribution in [3.63, 3.8) is 0 Å². The summed E-state index contributed by atoms with van der Waals surface area (Å²) in [5.41, 5.74) is 5.48. The summed E-state index contributed by atoms with van der Waals surface area (Å²) in [6.45, 7) is 0. The average Bonchev–Trinajstić information content (AvgIpc) is 2.36. The molecule has 0 aliphatic rings. The molecule has 0 aromatic heterocycles. The Balaban J connectivity index is 2.29. The summed E-state index contributed by atoms with van der Waals surface area (Å²) in [6, 6.07) is 9.38. The molecule has 0 bridgehead atoms. The number of nitrogens with zero attached hydrogens (tertiary/aromatic N) is 1. The van der Waals surface area contributed by atoms with Gasteiger partial charge in [0.2, 0.25) is 0 Å². The van der Waals surface area contributed by atoms with Crippen LogP contribution in [0.25, 0.3) is 0 Å². The summed E-state index contributed by atoms with van der Waals surface area (Å²) in [6.07, 6.45) is 0. The summed E-state index contributed by atoms with van der Waals surface area (Å²) in [5.74, 6) is -1.28. The van der Waals surface area contributed by atoms with Crippen molar-refractivity contribution in [3.05, 3.63) is 53.6 Å². The van der Waals surface area contributed by atoms with Gasteiger partial charge in [0.1, 0.15) is 11.6 Å². The standard InChI is InChI=1S/C13H8F2N2O/c14-10-6-9(2-3-12(10)17)18-13-4-1-8(7-16)5-11(13)15/h1-6H,17H2. The van der Waals surface area contributed by atoms with E-state index >= 15 is 0 Å². The molecule has 2 N–H and O–H groups in total. The van der Waals surface area contributed by atoms with E-state index in [0.717, 1.165) is 12.1 Å². The summed E-state index contributed by atoms with van der Waals surface area (Å²) in [7, 11) is 0. The van der Waals surface area contributed by atoms with Gasteiger partial charge in [-0.05, 0) is 30.3 Å². The molecule has 90 valence electrons. The molecule has 0 radical (unpaired) electrons. The molecule has 0 atom stereocenters. The minimum Gasteiger partial charge on any atom is -0.454 e. The highest BCUT2D eigenvalue weighted by Gasteiger charge is 2.07. The molecular formula is C13H8F2N2O. The van der Waals surface area contributed by atoms with Crippen LogP contribution in [0.2, 0.25) is 0 Å². The Morgan fingerprint density at radius 1 is 1.06 bits per heavy atom. The molecule has 5 heteroatoms. The third kappa shape index (κ3) is 2.38. The molecule has 0 aliphatic carbocycles. The van der Waals surface area contributed by atoms with Crippen LogP contribution in [-0.2, 0) is 0 Å². The Labute approximate surface area is 102 Å². The van der Waals surface area contributed by atoms with Gasteiger partial charge in [-0.25, -0.2) is 8.78 Å². The number of halogens is 2. The predicted octanol–water partition coefficient (Wildman–Crippen LogP) is 3.21. The quantitative estimate of drug-likeness (QED) is 0.827. The first-order valence-corrected chi connectivity index (χ1v) is 5.02. The first-order chi connectivity index (χ1) is 8.60. The monoisotopic (exact) mass is 246 g/mol.